The minimum Gasteiger partial charge on any atom is -0.382 e. The number of nitrogens with two attached hydrogens (primary N) is 1. The maximum Gasteiger partial charge on any atom is 0.250 e. The van der Waals surface area contributed by atoms with E-state index in [0.717, 1.165) is 12.8 Å². The lowest BCUT2D eigenvalue weighted by Gasteiger charge is -2.19. The largest absolute Gasteiger partial charge is 0.382 e. The minimum atomic E-state index is -0.504. The summed E-state index contributed by atoms with van der Waals surface area (Å²) in [4.78, 5) is 15.7. The minimum absolute atomic E-state index is 0.248. The van der Waals surface area contributed by atoms with Crippen LogP contribution >= 0.6 is 0 Å². The molecule has 1 aromatic rings. The number of carbonyl (C=O) groups is 1. The number of carbonyl (C=O) groups excluding carboxylic acids is 1. The second-order valence-electron chi connectivity index (χ2n) is 4.28. The molecule has 5 heteroatoms. The Labute approximate surface area is 107 Å². The first-order chi connectivity index (χ1) is 8.53. The van der Waals surface area contributed by atoms with Crippen molar-refractivity contribution in [1.29, 1.82) is 0 Å². The Hall–Kier alpha value is -1.75. The topological polar surface area (TPSA) is 84.6 Å². The summed E-state index contributed by atoms with van der Waals surface area (Å²) in [6.45, 7) is 5.85. The van der Waals surface area contributed by atoms with Gasteiger partial charge in [-0.15, -0.1) is 0 Å². The molecule has 0 atom stereocenters. The van der Waals surface area contributed by atoms with Crippen LogP contribution in [0, 0.1) is 6.92 Å². The predicted molar refractivity (Wildman–Crippen MR) is 70.9 cm³/mol. The summed E-state index contributed by atoms with van der Waals surface area (Å²) in [5.74, 6) is -0.190. The van der Waals surface area contributed by atoms with Gasteiger partial charge in [0.15, 0.2) is 5.75 Å². The van der Waals surface area contributed by atoms with Crippen molar-refractivity contribution in [2.45, 2.75) is 39.7 Å². The van der Waals surface area contributed by atoms with Crippen molar-refractivity contribution in [3.8, 4) is 5.75 Å². The molecule has 0 saturated carbocycles. The van der Waals surface area contributed by atoms with Crippen LogP contribution in [0.2, 0.25) is 0 Å². The molecule has 1 amide bonds. The molecule has 100 valence electrons. The van der Waals surface area contributed by atoms with Crippen molar-refractivity contribution in [3.63, 3.8) is 0 Å². The van der Waals surface area contributed by atoms with E-state index in [-0.39, 0.29) is 6.04 Å². The molecule has 0 aliphatic rings. The molecule has 1 rings (SSSR count). The van der Waals surface area contributed by atoms with Gasteiger partial charge in [-0.3, -0.25) is 4.79 Å². The van der Waals surface area contributed by atoms with Crippen molar-refractivity contribution in [1.82, 2.24) is 0 Å². The molecule has 0 fully saturated rings. The molecule has 0 unspecified atom stereocenters. The summed E-state index contributed by atoms with van der Waals surface area (Å²) >= 11 is 0. The summed E-state index contributed by atoms with van der Waals surface area (Å²) < 4.78 is 0. The highest BCUT2D eigenvalue weighted by Gasteiger charge is 2.15. The summed E-state index contributed by atoms with van der Waals surface area (Å²) in [6, 6.07) is 3.45. The van der Waals surface area contributed by atoms with Crippen molar-refractivity contribution in [3.05, 3.63) is 23.3 Å². The van der Waals surface area contributed by atoms with Crippen LogP contribution in [-0.2, 0) is 0 Å². The highest BCUT2D eigenvalue weighted by molar-refractivity contribution is 5.99. The zero-order chi connectivity index (χ0) is 13.7. The van der Waals surface area contributed by atoms with Crippen LogP contribution in [0.3, 0.4) is 0 Å². The molecular weight excluding hydrogens is 232 g/mol. The third-order valence-electron chi connectivity index (χ3n) is 3.02. The number of aryl methyl sites for hydroxylation is 1. The Bertz CT molecular complexity index is 428. The van der Waals surface area contributed by atoms with E-state index in [2.05, 4.69) is 24.1 Å². The second-order valence-corrected chi connectivity index (χ2v) is 4.28. The van der Waals surface area contributed by atoms with Crippen LogP contribution in [0.1, 0.15) is 42.6 Å². The summed E-state index contributed by atoms with van der Waals surface area (Å²) in [5.41, 5.74) is 7.00. The van der Waals surface area contributed by atoms with E-state index >= 15 is 0 Å². The SMILES string of the molecule is CCC(CC)Nc1cc(OO)c(C)cc1C(N)=O. The summed E-state index contributed by atoms with van der Waals surface area (Å²) in [6.07, 6.45) is 1.86. The number of hydrogen-bond donors (Lipinski definition) is 3. The molecule has 0 radical (unpaired) electrons. The van der Waals surface area contributed by atoms with Crippen molar-refractivity contribution < 1.29 is 14.9 Å². The molecule has 0 spiro atoms. The average Bonchev–Trinajstić information content (AvgIpc) is 2.36. The highest BCUT2D eigenvalue weighted by atomic mass is 17.1. The Morgan fingerprint density at radius 3 is 2.50 bits per heavy atom. The molecule has 18 heavy (non-hydrogen) atoms. The van der Waals surface area contributed by atoms with Crippen LogP contribution in [0.4, 0.5) is 5.69 Å². The van der Waals surface area contributed by atoms with Crippen molar-refractivity contribution >= 4 is 11.6 Å². The van der Waals surface area contributed by atoms with Crippen LogP contribution in [0.15, 0.2) is 12.1 Å². The molecule has 0 heterocycles. The number of anilines is 1. The fraction of sp³-hybridized carbons (Fsp3) is 0.462. The van der Waals surface area contributed by atoms with Crippen LogP contribution < -0.4 is 15.9 Å². The Kier molecular flexibility index (Phi) is 4.97. The molecule has 5 nitrogen and oxygen atoms in total. The number of hydrogen-bond acceptors (Lipinski definition) is 4. The summed E-state index contributed by atoms with van der Waals surface area (Å²) in [7, 11) is 0. The third kappa shape index (κ3) is 3.13. The standard InChI is InChI=1S/C13H20N2O3/c1-4-9(5-2)15-11-7-12(18-17)8(3)6-10(11)13(14)16/h6-7,9,15,17H,4-5H2,1-3H3,(H2,14,16). The first-order valence-corrected chi connectivity index (χ1v) is 6.05. The first-order valence-electron chi connectivity index (χ1n) is 6.05. The van der Waals surface area contributed by atoms with Crippen LogP contribution in [0.25, 0.3) is 0 Å². The number of nitrogens with one attached hydrogen (secondary N) is 1. The van der Waals surface area contributed by atoms with Gasteiger partial charge in [0.05, 0.1) is 11.3 Å². The average molecular weight is 252 g/mol. The molecule has 1 aromatic carbocycles. The number of amides is 1. The highest BCUT2D eigenvalue weighted by Crippen LogP contribution is 2.27. The van der Waals surface area contributed by atoms with Gasteiger partial charge < -0.3 is 15.9 Å². The van der Waals surface area contributed by atoms with E-state index in [1.165, 1.54) is 0 Å². The van der Waals surface area contributed by atoms with Gasteiger partial charge in [0.1, 0.15) is 0 Å². The quantitative estimate of drug-likeness (QED) is 0.536. The Morgan fingerprint density at radius 2 is 2.06 bits per heavy atom. The number of rotatable bonds is 6. The van der Waals surface area contributed by atoms with E-state index in [1.54, 1.807) is 19.1 Å². The van der Waals surface area contributed by atoms with Crippen molar-refractivity contribution in [2.24, 2.45) is 5.73 Å². The van der Waals surface area contributed by atoms with Gasteiger partial charge in [-0.05, 0) is 31.4 Å². The van der Waals surface area contributed by atoms with Crippen LogP contribution in [-0.4, -0.2) is 17.2 Å². The molecule has 0 saturated heterocycles. The van der Waals surface area contributed by atoms with E-state index in [1.807, 2.05) is 0 Å². The lowest BCUT2D eigenvalue weighted by atomic mass is 10.1. The van der Waals surface area contributed by atoms with E-state index < -0.39 is 5.91 Å². The molecule has 4 N–H and O–H groups in total. The monoisotopic (exact) mass is 252 g/mol. The van der Waals surface area contributed by atoms with Crippen LogP contribution in [0.5, 0.6) is 5.75 Å². The zero-order valence-electron chi connectivity index (χ0n) is 11.0. The van der Waals surface area contributed by atoms with E-state index in [0.29, 0.717) is 22.6 Å². The van der Waals surface area contributed by atoms with E-state index in [4.69, 9.17) is 11.0 Å². The third-order valence-corrected chi connectivity index (χ3v) is 3.02. The maximum absolute atomic E-state index is 11.4. The molecule has 0 aliphatic heterocycles. The van der Waals surface area contributed by atoms with E-state index in [9.17, 15) is 4.79 Å². The Morgan fingerprint density at radius 1 is 1.44 bits per heavy atom. The fourth-order valence-electron chi connectivity index (χ4n) is 1.82. The van der Waals surface area contributed by atoms with Gasteiger partial charge in [0.2, 0.25) is 0 Å². The fourth-order valence-corrected chi connectivity index (χ4v) is 1.82. The van der Waals surface area contributed by atoms with Crippen molar-refractivity contribution in [2.75, 3.05) is 5.32 Å². The zero-order valence-corrected chi connectivity index (χ0v) is 11.0. The first kappa shape index (κ1) is 14.3. The lowest BCUT2D eigenvalue weighted by Crippen LogP contribution is -2.21. The van der Waals surface area contributed by atoms with Gasteiger partial charge in [-0.2, -0.15) is 0 Å². The second kappa shape index (κ2) is 6.26. The molecular formula is C13H20N2O3. The summed E-state index contributed by atoms with van der Waals surface area (Å²) in [5, 5.41) is 12.0. The smallest absolute Gasteiger partial charge is 0.250 e. The molecule has 0 bridgehead atoms. The predicted octanol–water partition coefficient (Wildman–Crippen LogP) is 2.55. The van der Waals surface area contributed by atoms with Gasteiger partial charge in [0.25, 0.3) is 5.91 Å². The van der Waals surface area contributed by atoms with Gasteiger partial charge in [-0.1, -0.05) is 13.8 Å². The van der Waals surface area contributed by atoms with Gasteiger partial charge in [0, 0.05) is 12.1 Å². The maximum atomic E-state index is 11.4. The normalized spacial score (nSPS) is 10.5. The lowest BCUT2D eigenvalue weighted by molar-refractivity contribution is -0.138. The Balaban J connectivity index is 3.17. The molecule has 0 aliphatic carbocycles. The van der Waals surface area contributed by atoms with Gasteiger partial charge in [-0.25, -0.2) is 5.26 Å². The van der Waals surface area contributed by atoms with Gasteiger partial charge >= 0.3 is 0 Å². The number of benzene rings is 1. The number of primary amides is 1. The molecule has 0 aromatic heterocycles.